The molecule has 1 aromatic heterocycles. The summed E-state index contributed by atoms with van der Waals surface area (Å²) in [5.41, 5.74) is 0.193. The monoisotopic (exact) mass is 426 g/mol. The first kappa shape index (κ1) is 20.3. The van der Waals surface area contributed by atoms with Crippen molar-refractivity contribution < 1.29 is 18.3 Å². The number of amides is 1. The number of piperidine rings is 1. The zero-order chi connectivity index (χ0) is 21.0. The van der Waals surface area contributed by atoms with Gasteiger partial charge in [0.15, 0.2) is 11.0 Å². The number of carbonyl (C=O) groups is 1. The Kier molecular flexibility index (Phi) is 4.96. The Balaban J connectivity index is 1.61. The molecule has 0 aliphatic carbocycles. The normalized spacial score (nSPS) is 28.1. The maximum Gasteiger partial charge on any atom is 0.411 e. The van der Waals surface area contributed by atoms with Crippen molar-refractivity contribution in [3.8, 4) is 0 Å². The van der Waals surface area contributed by atoms with Gasteiger partial charge in [-0.25, -0.2) is 13.6 Å². The van der Waals surface area contributed by atoms with Crippen molar-refractivity contribution in [1.82, 2.24) is 15.1 Å². The average molecular weight is 427 g/mol. The lowest BCUT2D eigenvalue weighted by molar-refractivity contribution is -0.0493. The van der Waals surface area contributed by atoms with Gasteiger partial charge in [0.25, 0.3) is 5.92 Å². The van der Waals surface area contributed by atoms with Crippen LogP contribution in [0.3, 0.4) is 0 Å². The van der Waals surface area contributed by atoms with Crippen LogP contribution in [0.2, 0.25) is 5.15 Å². The number of carbonyl (C=O) groups excluding carboxylic acids is 1. The summed E-state index contributed by atoms with van der Waals surface area (Å²) in [6.45, 7) is 5.78. The number of fused-ring (bicyclic) bond motifs is 3. The lowest BCUT2D eigenvalue weighted by atomic mass is 9.95. The SMILES string of the molecule is CC(C)(C)OC(=O)N1C2C[C@@H](N3CC=CCc4cc(Cl)nnc43)CC1C(F)(F)C2. The Morgan fingerprint density at radius 3 is 2.69 bits per heavy atom. The second kappa shape index (κ2) is 7.07. The largest absolute Gasteiger partial charge is 0.444 e. The maximum atomic E-state index is 14.8. The highest BCUT2D eigenvalue weighted by molar-refractivity contribution is 6.29. The minimum absolute atomic E-state index is 0.153. The number of hydrogen-bond donors (Lipinski definition) is 0. The first-order chi connectivity index (χ1) is 13.5. The van der Waals surface area contributed by atoms with E-state index in [4.69, 9.17) is 16.3 Å². The summed E-state index contributed by atoms with van der Waals surface area (Å²) in [6.07, 6.45) is 4.29. The van der Waals surface area contributed by atoms with E-state index in [-0.39, 0.29) is 18.9 Å². The van der Waals surface area contributed by atoms with Gasteiger partial charge in [-0.15, -0.1) is 10.2 Å². The minimum Gasteiger partial charge on any atom is -0.444 e. The van der Waals surface area contributed by atoms with Crippen LogP contribution in [0.4, 0.5) is 19.4 Å². The van der Waals surface area contributed by atoms with Crippen LogP contribution in [-0.4, -0.2) is 57.4 Å². The first-order valence-corrected chi connectivity index (χ1v) is 10.3. The third-order valence-electron chi connectivity index (χ3n) is 5.71. The molecule has 0 aromatic carbocycles. The molecule has 0 N–H and O–H groups in total. The molecule has 4 heterocycles. The van der Waals surface area contributed by atoms with Crippen LogP contribution in [0, 0.1) is 0 Å². The number of rotatable bonds is 1. The Hall–Kier alpha value is -1.96. The van der Waals surface area contributed by atoms with Gasteiger partial charge in [0.05, 0.1) is 0 Å². The van der Waals surface area contributed by atoms with Crippen LogP contribution >= 0.6 is 11.6 Å². The molecule has 0 radical (unpaired) electrons. The van der Waals surface area contributed by atoms with E-state index in [2.05, 4.69) is 10.2 Å². The molecule has 4 rings (SSSR count). The molecule has 158 valence electrons. The van der Waals surface area contributed by atoms with E-state index in [0.717, 1.165) is 5.56 Å². The smallest absolute Gasteiger partial charge is 0.411 e. The van der Waals surface area contributed by atoms with Crippen molar-refractivity contribution in [1.29, 1.82) is 0 Å². The predicted molar refractivity (Wildman–Crippen MR) is 105 cm³/mol. The van der Waals surface area contributed by atoms with Crippen LogP contribution < -0.4 is 4.90 Å². The van der Waals surface area contributed by atoms with E-state index in [1.165, 1.54) is 4.90 Å². The average Bonchev–Trinajstić information content (AvgIpc) is 2.74. The summed E-state index contributed by atoms with van der Waals surface area (Å²) in [5, 5.41) is 8.52. The van der Waals surface area contributed by atoms with Crippen molar-refractivity contribution in [2.45, 2.75) is 76.1 Å². The predicted octanol–water partition coefficient (Wildman–Crippen LogP) is 4.22. The number of allylic oxidation sites excluding steroid dienone is 1. The Labute approximate surface area is 173 Å². The Morgan fingerprint density at radius 2 is 2.00 bits per heavy atom. The van der Waals surface area contributed by atoms with E-state index < -0.39 is 29.7 Å². The fourth-order valence-electron chi connectivity index (χ4n) is 4.60. The van der Waals surface area contributed by atoms with Crippen molar-refractivity contribution in [3.05, 3.63) is 28.9 Å². The topological polar surface area (TPSA) is 58.6 Å². The molecule has 2 saturated heterocycles. The standard InChI is InChI=1S/C20H25ClF2N4O2/c1-19(2,3)29-18(28)27-14-9-13(10-15(27)20(22,23)11-14)26-7-5-4-6-12-8-16(21)24-25-17(12)26/h4-5,8,13-15H,6-7,9-11H2,1-3H3/t13-,14?,15?/m1/s1. The number of ether oxygens (including phenoxy) is 1. The molecule has 1 aromatic rings. The first-order valence-electron chi connectivity index (χ1n) is 9.88. The van der Waals surface area contributed by atoms with Gasteiger partial charge in [-0.3, -0.25) is 4.90 Å². The molecule has 2 fully saturated rings. The van der Waals surface area contributed by atoms with Crippen molar-refractivity contribution in [3.63, 3.8) is 0 Å². The summed E-state index contributed by atoms with van der Waals surface area (Å²) >= 11 is 5.99. The van der Waals surface area contributed by atoms with E-state index in [1.807, 2.05) is 17.1 Å². The number of nitrogens with zero attached hydrogens (tertiary/aromatic N) is 4. The molecule has 0 spiro atoms. The lowest BCUT2D eigenvalue weighted by Crippen LogP contribution is -2.56. The Bertz CT molecular complexity index is 842. The minimum atomic E-state index is -2.94. The van der Waals surface area contributed by atoms with Gasteiger partial charge in [0, 0.05) is 30.6 Å². The fraction of sp³-hybridized carbons (Fsp3) is 0.650. The zero-order valence-corrected chi connectivity index (χ0v) is 17.5. The van der Waals surface area contributed by atoms with Gasteiger partial charge in [-0.2, -0.15) is 0 Å². The van der Waals surface area contributed by atoms with Gasteiger partial charge in [0.1, 0.15) is 11.6 Å². The summed E-state index contributed by atoms with van der Waals surface area (Å²) in [6, 6.07) is -0.156. The summed E-state index contributed by atoms with van der Waals surface area (Å²) in [7, 11) is 0. The van der Waals surface area contributed by atoms with E-state index >= 15 is 0 Å². The van der Waals surface area contributed by atoms with Crippen LogP contribution in [0.15, 0.2) is 18.2 Å². The van der Waals surface area contributed by atoms with Gasteiger partial charge in [-0.05, 0) is 46.1 Å². The number of alkyl halides is 2. The molecule has 2 unspecified atom stereocenters. The van der Waals surface area contributed by atoms with Crippen LogP contribution in [0.5, 0.6) is 0 Å². The molecule has 0 saturated carbocycles. The Morgan fingerprint density at radius 1 is 1.24 bits per heavy atom. The lowest BCUT2D eigenvalue weighted by Gasteiger charge is -2.43. The van der Waals surface area contributed by atoms with Crippen LogP contribution in [0.1, 0.15) is 45.6 Å². The van der Waals surface area contributed by atoms with Crippen molar-refractivity contribution in [2.75, 3.05) is 11.4 Å². The quantitative estimate of drug-likeness (QED) is 0.629. The second-order valence-electron chi connectivity index (χ2n) is 8.99. The third kappa shape index (κ3) is 3.91. The molecule has 9 heteroatoms. The summed E-state index contributed by atoms with van der Waals surface area (Å²) in [4.78, 5) is 15.9. The van der Waals surface area contributed by atoms with Gasteiger partial charge >= 0.3 is 6.09 Å². The van der Waals surface area contributed by atoms with Crippen LogP contribution in [0.25, 0.3) is 0 Å². The molecule has 1 amide bonds. The summed E-state index contributed by atoms with van der Waals surface area (Å²) in [5.74, 6) is -2.26. The summed E-state index contributed by atoms with van der Waals surface area (Å²) < 4.78 is 35.0. The fourth-order valence-corrected chi connectivity index (χ4v) is 4.77. The highest BCUT2D eigenvalue weighted by atomic mass is 35.5. The van der Waals surface area contributed by atoms with Gasteiger partial charge in [-0.1, -0.05) is 23.8 Å². The van der Waals surface area contributed by atoms with Crippen molar-refractivity contribution >= 4 is 23.5 Å². The molecule has 6 nitrogen and oxygen atoms in total. The molecule has 2 bridgehead atoms. The number of hydrogen-bond acceptors (Lipinski definition) is 5. The number of halogens is 3. The third-order valence-corrected chi connectivity index (χ3v) is 5.89. The van der Waals surface area contributed by atoms with Gasteiger partial charge in [0.2, 0.25) is 0 Å². The van der Waals surface area contributed by atoms with Crippen LogP contribution in [-0.2, 0) is 11.2 Å². The highest BCUT2D eigenvalue weighted by Crippen LogP contribution is 2.48. The molecular formula is C20H25ClF2N4O2. The van der Waals surface area contributed by atoms with E-state index in [9.17, 15) is 13.6 Å². The maximum absolute atomic E-state index is 14.8. The van der Waals surface area contributed by atoms with E-state index in [1.54, 1.807) is 26.8 Å². The van der Waals surface area contributed by atoms with Crippen molar-refractivity contribution in [2.24, 2.45) is 0 Å². The molecule has 29 heavy (non-hydrogen) atoms. The highest BCUT2D eigenvalue weighted by Gasteiger charge is 2.60. The molecule has 3 aliphatic heterocycles. The molecule has 3 aliphatic rings. The molecular weight excluding hydrogens is 402 g/mol. The molecule has 3 atom stereocenters. The second-order valence-corrected chi connectivity index (χ2v) is 9.38. The number of aromatic nitrogens is 2. The zero-order valence-electron chi connectivity index (χ0n) is 16.7. The number of anilines is 1. The van der Waals surface area contributed by atoms with Gasteiger partial charge < -0.3 is 9.64 Å². The van der Waals surface area contributed by atoms with E-state index in [0.29, 0.717) is 30.4 Å².